The quantitative estimate of drug-likeness (QED) is 0.228. The van der Waals surface area contributed by atoms with Gasteiger partial charge in [-0.15, -0.1) is 0 Å². The maximum absolute atomic E-state index is 13.3. The molecule has 2 aromatic carbocycles. The molecule has 1 aliphatic carbocycles. The van der Waals surface area contributed by atoms with E-state index in [0.29, 0.717) is 29.2 Å². The van der Waals surface area contributed by atoms with E-state index in [9.17, 15) is 26.4 Å². The largest absolute Gasteiger partial charge is 0.443 e. The molecule has 42 heavy (non-hydrogen) atoms. The number of sulfonamides is 1. The van der Waals surface area contributed by atoms with Crippen LogP contribution >= 0.6 is 0 Å². The standard InChI is InChI=1S/C28H35F3N6O4S/c1-27(2,3)41-26(38)37-36-24-20-8-4-6-10-22(20)34-25(35-24)32-16-18-12-14-19(15-13-18)17-33-42(39,40)23-11-7-5-9-21(23)28(29,30)31/h4-11,18-19,33H,12-17H2,1-3H3,(H,37,38)(H2,32,34,35,36). The number of hydrazine groups is 1. The highest BCUT2D eigenvalue weighted by Gasteiger charge is 2.37. The second kappa shape index (κ2) is 12.7. The number of benzene rings is 2. The lowest BCUT2D eigenvalue weighted by Crippen LogP contribution is -2.36. The highest BCUT2D eigenvalue weighted by atomic mass is 32.2. The van der Waals surface area contributed by atoms with Crippen molar-refractivity contribution in [3.05, 3.63) is 54.1 Å². The molecule has 14 heteroatoms. The first kappa shape index (κ1) is 31.3. The average molecular weight is 609 g/mol. The van der Waals surface area contributed by atoms with E-state index in [-0.39, 0.29) is 18.4 Å². The Balaban J connectivity index is 1.31. The first-order valence-electron chi connectivity index (χ1n) is 13.6. The van der Waals surface area contributed by atoms with Crippen LogP contribution in [0.15, 0.2) is 53.4 Å². The molecule has 0 radical (unpaired) electrons. The van der Waals surface area contributed by atoms with E-state index >= 15 is 0 Å². The Bertz CT molecular complexity index is 1500. The van der Waals surface area contributed by atoms with Gasteiger partial charge in [-0.3, -0.25) is 5.43 Å². The number of nitrogens with zero attached hydrogens (tertiary/aromatic N) is 2. The fourth-order valence-corrected chi connectivity index (χ4v) is 6.12. The zero-order valence-corrected chi connectivity index (χ0v) is 24.4. The van der Waals surface area contributed by atoms with Gasteiger partial charge in [0.2, 0.25) is 16.0 Å². The SMILES string of the molecule is CC(C)(C)OC(=O)NNc1nc(NCC2CCC(CNS(=O)(=O)c3ccccc3C(F)(F)F)CC2)nc2ccccc12. The van der Waals surface area contributed by atoms with Crippen molar-refractivity contribution in [3.63, 3.8) is 0 Å². The molecule has 1 amide bonds. The summed E-state index contributed by atoms with van der Waals surface area (Å²) in [6, 6.07) is 11.5. The van der Waals surface area contributed by atoms with Crippen LogP contribution in [-0.2, 0) is 20.9 Å². The van der Waals surface area contributed by atoms with Crippen LogP contribution in [-0.4, -0.2) is 43.2 Å². The lowest BCUT2D eigenvalue weighted by atomic mass is 9.82. The second-order valence-corrected chi connectivity index (χ2v) is 13.0. The zero-order valence-electron chi connectivity index (χ0n) is 23.6. The lowest BCUT2D eigenvalue weighted by Gasteiger charge is -2.29. The maximum Gasteiger partial charge on any atom is 0.426 e. The summed E-state index contributed by atoms with van der Waals surface area (Å²) in [6.07, 6.45) is -2.36. The molecule has 1 saturated carbocycles. The number of aromatic nitrogens is 2. The third-order valence-electron chi connectivity index (χ3n) is 6.84. The van der Waals surface area contributed by atoms with Gasteiger partial charge in [0.15, 0.2) is 5.82 Å². The van der Waals surface area contributed by atoms with Crippen molar-refractivity contribution in [2.75, 3.05) is 23.8 Å². The van der Waals surface area contributed by atoms with Crippen LogP contribution in [0.4, 0.5) is 29.7 Å². The summed E-state index contributed by atoms with van der Waals surface area (Å²) < 4.78 is 72.9. The Hall–Kier alpha value is -3.65. The minimum atomic E-state index is -4.77. The number of hydrogen-bond donors (Lipinski definition) is 4. The van der Waals surface area contributed by atoms with Gasteiger partial charge in [-0.1, -0.05) is 24.3 Å². The van der Waals surface area contributed by atoms with E-state index in [1.165, 1.54) is 12.1 Å². The van der Waals surface area contributed by atoms with Gasteiger partial charge in [0, 0.05) is 18.5 Å². The van der Waals surface area contributed by atoms with E-state index in [4.69, 9.17) is 4.74 Å². The maximum atomic E-state index is 13.3. The first-order valence-corrected chi connectivity index (χ1v) is 15.1. The Morgan fingerprint density at radius 2 is 1.55 bits per heavy atom. The van der Waals surface area contributed by atoms with Crippen LogP contribution in [0.5, 0.6) is 0 Å². The van der Waals surface area contributed by atoms with Crippen molar-refractivity contribution in [1.82, 2.24) is 20.1 Å². The molecule has 4 N–H and O–H groups in total. The van der Waals surface area contributed by atoms with Crippen LogP contribution in [0.25, 0.3) is 10.9 Å². The summed E-state index contributed by atoms with van der Waals surface area (Å²) >= 11 is 0. The first-order chi connectivity index (χ1) is 19.7. The molecule has 1 fully saturated rings. The van der Waals surface area contributed by atoms with Gasteiger partial charge in [-0.2, -0.15) is 18.2 Å². The summed E-state index contributed by atoms with van der Waals surface area (Å²) in [5.41, 5.74) is 4.14. The number of nitrogens with one attached hydrogen (secondary N) is 4. The zero-order chi connectivity index (χ0) is 30.5. The fourth-order valence-electron chi connectivity index (χ4n) is 4.78. The molecular formula is C28H35F3N6O4S. The van der Waals surface area contributed by atoms with Crippen molar-refractivity contribution in [1.29, 1.82) is 0 Å². The minimum Gasteiger partial charge on any atom is -0.443 e. The molecule has 0 atom stereocenters. The molecule has 0 aliphatic heterocycles. The molecule has 0 bridgehead atoms. The molecule has 1 heterocycles. The summed E-state index contributed by atoms with van der Waals surface area (Å²) in [7, 11) is -4.31. The molecule has 10 nitrogen and oxygen atoms in total. The number of alkyl halides is 3. The molecule has 228 valence electrons. The summed E-state index contributed by atoms with van der Waals surface area (Å²) in [6.45, 7) is 5.94. The summed E-state index contributed by atoms with van der Waals surface area (Å²) in [4.78, 5) is 20.4. The molecule has 0 spiro atoms. The molecule has 3 aromatic rings. The van der Waals surface area contributed by atoms with Crippen molar-refractivity contribution in [2.24, 2.45) is 11.8 Å². The number of hydrogen-bond acceptors (Lipinski definition) is 8. The van der Waals surface area contributed by atoms with E-state index in [1.807, 2.05) is 24.3 Å². The van der Waals surface area contributed by atoms with Gasteiger partial charge in [-0.25, -0.2) is 28.3 Å². The lowest BCUT2D eigenvalue weighted by molar-refractivity contribution is -0.139. The predicted octanol–water partition coefficient (Wildman–Crippen LogP) is 5.70. The third-order valence-corrected chi connectivity index (χ3v) is 8.33. The normalized spacial score (nSPS) is 18.0. The monoisotopic (exact) mass is 608 g/mol. The smallest absolute Gasteiger partial charge is 0.426 e. The summed E-state index contributed by atoms with van der Waals surface area (Å²) in [5.74, 6) is 1.06. The predicted molar refractivity (Wildman–Crippen MR) is 153 cm³/mol. The van der Waals surface area contributed by atoms with Crippen LogP contribution in [0, 0.1) is 11.8 Å². The number of carbonyl (C=O) groups excluding carboxylic acids is 1. The van der Waals surface area contributed by atoms with Crippen LogP contribution < -0.4 is 20.9 Å². The van der Waals surface area contributed by atoms with Gasteiger partial charge < -0.3 is 10.1 Å². The van der Waals surface area contributed by atoms with Gasteiger partial charge in [0.1, 0.15) is 5.60 Å². The van der Waals surface area contributed by atoms with Crippen LogP contribution in [0.2, 0.25) is 0 Å². The second-order valence-electron chi connectivity index (χ2n) is 11.3. The molecule has 4 rings (SSSR count). The van der Waals surface area contributed by atoms with Crippen LogP contribution in [0.1, 0.15) is 52.0 Å². The topological polar surface area (TPSA) is 134 Å². The van der Waals surface area contributed by atoms with Gasteiger partial charge in [0.05, 0.1) is 16.0 Å². The van der Waals surface area contributed by atoms with Crippen molar-refractivity contribution in [2.45, 2.75) is 63.1 Å². The number of para-hydroxylation sites is 1. The molecule has 0 unspecified atom stereocenters. The van der Waals surface area contributed by atoms with E-state index < -0.39 is 38.4 Å². The number of anilines is 2. The number of amides is 1. The highest BCUT2D eigenvalue weighted by molar-refractivity contribution is 7.89. The highest BCUT2D eigenvalue weighted by Crippen LogP contribution is 2.34. The van der Waals surface area contributed by atoms with E-state index in [0.717, 1.165) is 37.8 Å². The van der Waals surface area contributed by atoms with Gasteiger partial charge in [-0.05, 0) is 82.6 Å². The third kappa shape index (κ3) is 8.44. The number of halogens is 3. The van der Waals surface area contributed by atoms with Crippen molar-refractivity contribution >= 4 is 38.8 Å². The number of fused-ring (bicyclic) bond motifs is 1. The minimum absolute atomic E-state index is 0.0146. The van der Waals surface area contributed by atoms with Crippen LogP contribution in [0.3, 0.4) is 0 Å². The number of carbonyl (C=O) groups is 1. The molecule has 0 saturated heterocycles. The molecular weight excluding hydrogens is 573 g/mol. The van der Waals surface area contributed by atoms with Crippen molar-refractivity contribution in [3.8, 4) is 0 Å². The average Bonchev–Trinajstić information content (AvgIpc) is 2.93. The molecule has 1 aromatic heterocycles. The van der Waals surface area contributed by atoms with Gasteiger partial charge >= 0.3 is 12.3 Å². The fraction of sp³-hybridized carbons (Fsp3) is 0.464. The van der Waals surface area contributed by atoms with Gasteiger partial charge in [0.25, 0.3) is 0 Å². The van der Waals surface area contributed by atoms with Crippen molar-refractivity contribution < 1.29 is 31.1 Å². The molecule has 1 aliphatic rings. The Morgan fingerprint density at radius 3 is 2.21 bits per heavy atom. The van der Waals surface area contributed by atoms with E-state index in [2.05, 4.69) is 30.9 Å². The van der Waals surface area contributed by atoms with E-state index in [1.54, 1.807) is 20.8 Å². The Kier molecular flexibility index (Phi) is 9.46. The Labute approximate surface area is 242 Å². The number of ether oxygens (including phenoxy) is 1. The summed E-state index contributed by atoms with van der Waals surface area (Å²) in [5, 5.41) is 3.97. The Morgan fingerprint density at radius 1 is 0.929 bits per heavy atom. The number of rotatable bonds is 9.